The van der Waals surface area contributed by atoms with Gasteiger partial charge in [0.05, 0.1) is 0 Å². The van der Waals surface area contributed by atoms with Crippen LogP contribution in [0.15, 0.2) is 24.0 Å². The molecule has 2 aliphatic rings. The Kier molecular flexibility index (Phi) is 3.69. The van der Waals surface area contributed by atoms with Gasteiger partial charge in [-0.2, -0.15) is 0 Å². The van der Waals surface area contributed by atoms with E-state index in [1.165, 1.54) is 0 Å². The Bertz CT molecular complexity index is 419. The SMILES string of the molecule is C=C1OC2CC(C)CC(=O)CC2/C1=C/C(=O)CC. The van der Waals surface area contributed by atoms with Crippen molar-refractivity contribution < 1.29 is 14.3 Å². The first-order valence-electron chi connectivity index (χ1n) is 6.63. The van der Waals surface area contributed by atoms with Crippen molar-refractivity contribution in [3.05, 3.63) is 24.0 Å². The highest BCUT2D eigenvalue weighted by Gasteiger charge is 2.40. The highest BCUT2D eigenvalue weighted by Crippen LogP contribution is 2.42. The maximum atomic E-state index is 11.8. The maximum absolute atomic E-state index is 11.8. The second-order valence-corrected chi connectivity index (χ2v) is 5.39. The maximum Gasteiger partial charge on any atom is 0.155 e. The van der Waals surface area contributed by atoms with Crippen LogP contribution in [0, 0.1) is 11.8 Å². The summed E-state index contributed by atoms with van der Waals surface area (Å²) in [5.41, 5.74) is 0.842. The first-order chi connectivity index (χ1) is 8.51. The molecule has 1 saturated carbocycles. The van der Waals surface area contributed by atoms with E-state index in [1.807, 2.05) is 6.92 Å². The third kappa shape index (κ3) is 2.55. The third-order valence-electron chi connectivity index (χ3n) is 3.79. The zero-order valence-electron chi connectivity index (χ0n) is 11.1. The Morgan fingerprint density at radius 1 is 1.50 bits per heavy atom. The number of ketones is 2. The number of rotatable bonds is 2. The zero-order chi connectivity index (χ0) is 13.3. The molecule has 0 N–H and O–H groups in total. The molecule has 0 aromatic carbocycles. The van der Waals surface area contributed by atoms with Gasteiger partial charge >= 0.3 is 0 Å². The lowest BCUT2D eigenvalue weighted by Crippen LogP contribution is -2.17. The lowest BCUT2D eigenvalue weighted by Gasteiger charge is -2.15. The molecule has 3 atom stereocenters. The van der Waals surface area contributed by atoms with Gasteiger partial charge in [0.1, 0.15) is 17.6 Å². The molecule has 1 heterocycles. The molecular weight excluding hydrogens is 228 g/mol. The van der Waals surface area contributed by atoms with E-state index in [9.17, 15) is 9.59 Å². The normalized spacial score (nSPS) is 34.1. The summed E-state index contributed by atoms with van der Waals surface area (Å²) in [7, 11) is 0. The molecule has 3 nitrogen and oxygen atoms in total. The summed E-state index contributed by atoms with van der Waals surface area (Å²) in [5.74, 6) is 1.30. The number of carbonyl (C=O) groups is 2. The number of carbonyl (C=O) groups excluding carboxylic acids is 2. The minimum Gasteiger partial charge on any atom is -0.490 e. The van der Waals surface area contributed by atoms with Crippen LogP contribution in [0.4, 0.5) is 0 Å². The number of hydrogen-bond donors (Lipinski definition) is 0. The van der Waals surface area contributed by atoms with Crippen LogP contribution in [0.3, 0.4) is 0 Å². The van der Waals surface area contributed by atoms with Crippen molar-refractivity contribution in [2.24, 2.45) is 11.8 Å². The summed E-state index contributed by atoms with van der Waals surface area (Å²) < 4.78 is 5.75. The van der Waals surface area contributed by atoms with Crippen molar-refractivity contribution in [1.29, 1.82) is 0 Å². The van der Waals surface area contributed by atoms with Crippen LogP contribution < -0.4 is 0 Å². The van der Waals surface area contributed by atoms with Crippen LogP contribution in [0.2, 0.25) is 0 Å². The van der Waals surface area contributed by atoms with Gasteiger partial charge in [0, 0.05) is 30.8 Å². The first kappa shape index (κ1) is 13.1. The number of Topliss-reactive ketones (excluding diaryl/α,β-unsaturated/α-hetero) is 1. The molecule has 3 unspecified atom stereocenters. The molecule has 0 radical (unpaired) electrons. The van der Waals surface area contributed by atoms with Gasteiger partial charge in [0.15, 0.2) is 5.78 Å². The Morgan fingerprint density at radius 3 is 2.89 bits per heavy atom. The molecule has 0 spiro atoms. The number of hydrogen-bond acceptors (Lipinski definition) is 3. The Balaban J connectivity index is 2.27. The molecule has 2 rings (SSSR count). The van der Waals surface area contributed by atoms with Gasteiger partial charge in [-0.25, -0.2) is 0 Å². The lowest BCUT2D eigenvalue weighted by molar-refractivity contribution is -0.120. The van der Waals surface area contributed by atoms with Crippen molar-refractivity contribution in [1.82, 2.24) is 0 Å². The van der Waals surface area contributed by atoms with E-state index in [1.54, 1.807) is 6.08 Å². The Labute approximate surface area is 108 Å². The number of ether oxygens (including phenoxy) is 1. The van der Waals surface area contributed by atoms with Crippen LogP contribution >= 0.6 is 0 Å². The van der Waals surface area contributed by atoms with E-state index >= 15 is 0 Å². The average molecular weight is 248 g/mol. The van der Waals surface area contributed by atoms with Crippen LogP contribution in [-0.4, -0.2) is 17.7 Å². The summed E-state index contributed by atoms with van der Waals surface area (Å²) in [6.45, 7) is 7.78. The summed E-state index contributed by atoms with van der Waals surface area (Å²) >= 11 is 0. The second kappa shape index (κ2) is 5.09. The van der Waals surface area contributed by atoms with Crippen molar-refractivity contribution in [2.45, 2.75) is 45.6 Å². The predicted molar refractivity (Wildman–Crippen MR) is 68.9 cm³/mol. The monoisotopic (exact) mass is 248 g/mol. The predicted octanol–water partition coefficient (Wildman–Crippen LogP) is 2.81. The molecule has 98 valence electrons. The van der Waals surface area contributed by atoms with Crippen molar-refractivity contribution in [3.8, 4) is 0 Å². The van der Waals surface area contributed by atoms with E-state index in [4.69, 9.17) is 4.74 Å². The number of fused-ring (bicyclic) bond motifs is 1. The fourth-order valence-electron chi connectivity index (χ4n) is 2.85. The molecular formula is C15H20O3. The van der Waals surface area contributed by atoms with E-state index in [0.717, 1.165) is 12.0 Å². The van der Waals surface area contributed by atoms with Crippen LogP contribution in [0.1, 0.15) is 39.5 Å². The lowest BCUT2D eigenvalue weighted by atomic mass is 9.89. The minimum absolute atomic E-state index is 0.0230. The summed E-state index contributed by atoms with van der Waals surface area (Å²) in [5, 5.41) is 0. The molecule has 1 aliphatic heterocycles. The molecule has 1 aliphatic carbocycles. The molecule has 0 aromatic rings. The van der Waals surface area contributed by atoms with E-state index in [-0.39, 0.29) is 23.6 Å². The highest BCUT2D eigenvalue weighted by molar-refractivity contribution is 5.91. The quantitative estimate of drug-likeness (QED) is 0.706. The summed E-state index contributed by atoms with van der Waals surface area (Å²) in [6.07, 6.45) is 4.09. The topological polar surface area (TPSA) is 43.4 Å². The van der Waals surface area contributed by atoms with Gasteiger partial charge in [0.25, 0.3) is 0 Å². The highest BCUT2D eigenvalue weighted by atomic mass is 16.5. The Hall–Kier alpha value is -1.38. The van der Waals surface area contributed by atoms with Crippen molar-refractivity contribution in [3.63, 3.8) is 0 Å². The fourth-order valence-corrected chi connectivity index (χ4v) is 2.85. The van der Waals surface area contributed by atoms with Gasteiger partial charge < -0.3 is 4.74 Å². The summed E-state index contributed by atoms with van der Waals surface area (Å²) in [4.78, 5) is 23.4. The van der Waals surface area contributed by atoms with E-state index in [0.29, 0.717) is 30.9 Å². The van der Waals surface area contributed by atoms with Crippen molar-refractivity contribution in [2.75, 3.05) is 0 Å². The molecule has 0 bridgehead atoms. The largest absolute Gasteiger partial charge is 0.490 e. The molecule has 0 amide bonds. The summed E-state index contributed by atoms with van der Waals surface area (Å²) in [6, 6.07) is 0. The van der Waals surface area contributed by atoms with Gasteiger partial charge in [-0.15, -0.1) is 0 Å². The van der Waals surface area contributed by atoms with Gasteiger partial charge in [-0.3, -0.25) is 9.59 Å². The average Bonchev–Trinajstić information content (AvgIpc) is 2.48. The number of allylic oxidation sites excluding steroid dienone is 2. The van der Waals surface area contributed by atoms with Gasteiger partial charge in [-0.1, -0.05) is 20.4 Å². The van der Waals surface area contributed by atoms with E-state index in [2.05, 4.69) is 13.5 Å². The zero-order valence-corrected chi connectivity index (χ0v) is 11.1. The molecule has 3 heteroatoms. The molecule has 1 saturated heterocycles. The Morgan fingerprint density at radius 2 is 2.22 bits per heavy atom. The fraction of sp³-hybridized carbons (Fsp3) is 0.600. The third-order valence-corrected chi connectivity index (χ3v) is 3.79. The second-order valence-electron chi connectivity index (χ2n) is 5.39. The van der Waals surface area contributed by atoms with Crippen LogP contribution in [0.25, 0.3) is 0 Å². The van der Waals surface area contributed by atoms with Crippen molar-refractivity contribution >= 4 is 11.6 Å². The van der Waals surface area contributed by atoms with Crippen LogP contribution in [-0.2, 0) is 14.3 Å². The first-order valence-corrected chi connectivity index (χ1v) is 6.63. The van der Waals surface area contributed by atoms with Gasteiger partial charge in [0.2, 0.25) is 0 Å². The van der Waals surface area contributed by atoms with Gasteiger partial charge in [-0.05, 0) is 18.4 Å². The molecule has 2 fully saturated rings. The smallest absolute Gasteiger partial charge is 0.155 e. The van der Waals surface area contributed by atoms with E-state index < -0.39 is 0 Å². The minimum atomic E-state index is 0.0230. The molecule has 0 aromatic heterocycles. The molecule has 18 heavy (non-hydrogen) atoms. The standard InChI is InChI=1S/C15H20O3/c1-4-11(16)7-13-10(3)18-15-6-9(2)5-12(17)8-14(13)15/h7,9,14-15H,3-6,8H2,1-2H3/b13-7+. The van der Waals surface area contributed by atoms with Crippen LogP contribution in [0.5, 0.6) is 0 Å².